The highest BCUT2D eigenvalue weighted by molar-refractivity contribution is 5.73. The molecule has 0 saturated carbocycles. The molecule has 0 unspecified atom stereocenters. The minimum Gasteiger partial charge on any atom is -0.496 e. The summed E-state index contributed by atoms with van der Waals surface area (Å²) in [6, 6.07) is 25.1. The fraction of sp³-hybridized carbons (Fsp3) is 0.294. The number of benzene rings is 4. The highest BCUT2D eigenvalue weighted by atomic mass is 16.5. The van der Waals surface area contributed by atoms with Gasteiger partial charge in [0.1, 0.15) is 23.0 Å². The summed E-state index contributed by atoms with van der Waals surface area (Å²) in [6.07, 6.45) is 1.97. The first-order chi connectivity index (χ1) is 18.4. The molecule has 0 spiro atoms. The maximum Gasteiger partial charge on any atom is 0.126 e. The second-order valence-corrected chi connectivity index (χ2v) is 9.16. The second kappa shape index (κ2) is 13.6. The lowest BCUT2D eigenvalue weighted by Crippen LogP contribution is -1.94. The predicted octanol–water partition coefficient (Wildman–Crippen LogP) is 8.48. The fourth-order valence-corrected chi connectivity index (χ4v) is 4.52. The lowest BCUT2D eigenvalue weighted by molar-refractivity contribution is 0.410. The van der Waals surface area contributed by atoms with Crippen LogP contribution >= 0.6 is 0 Å². The average Bonchev–Trinajstić information content (AvgIpc) is 2.96. The molecule has 0 fully saturated rings. The van der Waals surface area contributed by atoms with Gasteiger partial charge in [-0.05, 0) is 103 Å². The standard InChI is InChI=1S/C18H22O2.C16H18O2/c1-5-13-7-9-18(20-4)16(11-13)15-8-10-17(19-3)14(6-2)12-15;1-11-5-7-16(18-4)14(9-11)13-6-8-15(17-3)12(2)10-13/h7-12H,5-6H2,1-4H3;5-10H,1-4H3. The minimum absolute atomic E-state index is 0.894. The molecule has 0 atom stereocenters. The monoisotopic (exact) mass is 512 g/mol. The third-order valence-corrected chi connectivity index (χ3v) is 6.71. The topological polar surface area (TPSA) is 36.9 Å². The van der Waals surface area contributed by atoms with Crippen molar-refractivity contribution in [3.63, 3.8) is 0 Å². The van der Waals surface area contributed by atoms with Crippen LogP contribution in [0.5, 0.6) is 23.0 Å². The van der Waals surface area contributed by atoms with Gasteiger partial charge < -0.3 is 18.9 Å². The maximum atomic E-state index is 5.50. The third-order valence-electron chi connectivity index (χ3n) is 6.71. The van der Waals surface area contributed by atoms with Crippen molar-refractivity contribution >= 4 is 0 Å². The van der Waals surface area contributed by atoms with Crippen LogP contribution in [0.15, 0.2) is 72.8 Å². The van der Waals surface area contributed by atoms with E-state index >= 15 is 0 Å². The van der Waals surface area contributed by atoms with Crippen LogP contribution in [0.4, 0.5) is 0 Å². The molecule has 0 bridgehead atoms. The van der Waals surface area contributed by atoms with Crippen molar-refractivity contribution in [2.24, 2.45) is 0 Å². The van der Waals surface area contributed by atoms with E-state index in [9.17, 15) is 0 Å². The van der Waals surface area contributed by atoms with Crippen LogP contribution in [0.2, 0.25) is 0 Å². The zero-order valence-corrected chi connectivity index (χ0v) is 24.0. The van der Waals surface area contributed by atoms with Crippen molar-refractivity contribution in [2.45, 2.75) is 40.5 Å². The molecule has 0 amide bonds. The molecule has 0 heterocycles. The summed E-state index contributed by atoms with van der Waals surface area (Å²) in [5.41, 5.74) is 9.46. The molecule has 0 N–H and O–H groups in total. The van der Waals surface area contributed by atoms with Crippen molar-refractivity contribution < 1.29 is 18.9 Å². The van der Waals surface area contributed by atoms with Gasteiger partial charge in [0.15, 0.2) is 0 Å². The number of hydrogen-bond donors (Lipinski definition) is 0. The van der Waals surface area contributed by atoms with Crippen molar-refractivity contribution in [1.82, 2.24) is 0 Å². The van der Waals surface area contributed by atoms with E-state index in [-0.39, 0.29) is 0 Å². The molecular weight excluding hydrogens is 472 g/mol. The zero-order valence-electron chi connectivity index (χ0n) is 24.0. The van der Waals surface area contributed by atoms with Gasteiger partial charge in [0.2, 0.25) is 0 Å². The third kappa shape index (κ3) is 6.69. The van der Waals surface area contributed by atoms with Crippen LogP contribution in [-0.4, -0.2) is 28.4 Å². The van der Waals surface area contributed by atoms with Crippen molar-refractivity contribution in [3.05, 3.63) is 95.1 Å². The molecule has 4 aromatic carbocycles. The first-order valence-corrected chi connectivity index (χ1v) is 13.0. The lowest BCUT2D eigenvalue weighted by atomic mass is 9.98. The van der Waals surface area contributed by atoms with E-state index in [2.05, 4.69) is 69.3 Å². The van der Waals surface area contributed by atoms with Gasteiger partial charge in [0, 0.05) is 11.1 Å². The van der Waals surface area contributed by atoms with Gasteiger partial charge in [-0.25, -0.2) is 0 Å². The van der Waals surface area contributed by atoms with E-state index in [1.165, 1.54) is 22.3 Å². The summed E-state index contributed by atoms with van der Waals surface area (Å²) in [6.45, 7) is 8.43. The first kappa shape index (κ1) is 28.6. The molecule has 0 saturated heterocycles. The smallest absolute Gasteiger partial charge is 0.126 e. The van der Waals surface area contributed by atoms with E-state index in [0.717, 1.165) is 58.1 Å². The molecular formula is C34H40O4. The first-order valence-electron chi connectivity index (χ1n) is 13.0. The SMILES string of the molecule is CCc1ccc(OC)c(-c2ccc(OC)c(CC)c2)c1.COc1ccc(-c2cc(C)ccc2OC)cc1C. The summed E-state index contributed by atoms with van der Waals surface area (Å²) >= 11 is 0. The molecule has 0 aliphatic rings. The number of methoxy groups -OCH3 is 4. The molecule has 0 aromatic heterocycles. The zero-order chi connectivity index (χ0) is 27.7. The van der Waals surface area contributed by atoms with E-state index in [1.54, 1.807) is 28.4 Å². The van der Waals surface area contributed by atoms with Crippen molar-refractivity contribution in [1.29, 1.82) is 0 Å². The molecule has 200 valence electrons. The van der Waals surface area contributed by atoms with E-state index < -0.39 is 0 Å². The molecule has 0 aliphatic carbocycles. The molecule has 0 aliphatic heterocycles. The van der Waals surface area contributed by atoms with Gasteiger partial charge in [-0.1, -0.05) is 43.7 Å². The lowest BCUT2D eigenvalue weighted by Gasteiger charge is -2.13. The van der Waals surface area contributed by atoms with Crippen LogP contribution in [0.25, 0.3) is 22.3 Å². The molecule has 4 nitrogen and oxygen atoms in total. The quantitative estimate of drug-likeness (QED) is 0.237. The Kier molecular flexibility index (Phi) is 10.2. The van der Waals surface area contributed by atoms with E-state index in [0.29, 0.717) is 0 Å². The van der Waals surface area contributed by atoms with Gasteiger partial charge >= 0.3 is 0 Å². The Hall–Kier alpha value is -3.92. The number of ether oxygens (including phenoxy) is 4. The highest BCUT2D eigenvalue weighted by Crippen LogP contribution is 2.35. The Morgan fingerprint density at radius 1 is 0.500 bits per heavy atom. The van der Waals surface area contributed by atoms with Crippen LogP contribution in [0, 0.1) is 13.8 Å². The van der Waals surface area contributed by atoms with Gasteiger partial charge in [0.25, 0.3) is 0 Å². The Balaban J connectivity index is 0.000000212. The van der Waals surface area contributed by atoms with Crippen molar-refractivity contribution in [3.8, 4) is 45.3 Å². The summed E-state index contributed by atoms with van der Waals surface area (Å²) in [7, 11) is 6.82. The summed E-state index contributed by atoms with van der Waals surface area (Å²) in [5, 5.41) is 0. The number of hydrogen-bond acceptors (Lipinski definition) is 4. The van der Waals surface area contributed by atoms with Gasteiger partial charge in [0.05, 0.1) is 28.4 Å². The van der Waals surface area contributed by atoms with Crippen LogP contribution in [0.1, 0.15) is 36.1 Å². The average molecular weight is 513 g/mol. The van der Waals surface area contributed by atoms with Gasteiger partial charge in [-0.15, -0.1) is 0 Å². The van der Waals surface area contributed by atoms with Crippen LogP contribution < -0.4 is 18.9 Å². The Bertz CT molecular complexity index is 1360. The van der Waals surface area contributed by atoms with Crippen LogP contribution in [-0.2, 0) is 12.8 Å². The van der Waals surface area contributed by atoms with Gasteiger partial charge in [-0.2, -0.15) is 0 Å². The van der Waals surface area contributed by atoms with Crippen LogP contribution in [0.3, 0.4) is 0 Å². The summed E-state index contributed by atoms with van der Waals surface area (Å²) in [5.74, 6) is 3.66. The summed E-state index contributed by atoms with van der Waals surface area (Å²) < 4.78 is 21.6. The Morgan fingerprint density at radius 2 is 1.03 bits per heavy atom. The number of aryl methyl sites for hydroxylation is 4. The second-order valence-electron chi connectivity index (χ2n) is 9.16. The highest BCUT2D eigenvalue weighted by Gasteiger charge is 2.10. The molecule has 4 aromatic rings. The van der Waals surface area contributed by atoms with E-state index in [4.69, 9.17) is 18.9 Å². The van der Waals surface area contributed by atoms with Crippen molar-refractivity contribution in [2.75, 3.05) is 28.4 Å². The summed E-state index contributed by atoms with van der Waals surface area (Å²) in [4.78, 5) is 0. The van der Waals surface area contributed by atoms with E-state index in [1.807, 2.05) is 31.2 Å². The normalized spacial score (nSPS) is 10.3. The molecule has 4 heteroatoms. The Morgan fingerprint density at radius 3 is 1.58 bits per heavy atom. The largest absolute Gasteiger partial charge is 0.496 e. The number of rotatable bonds is 8. The minimum atomic E-state index is 0.894. The Labute approximate surface area is 228 Å². The fourth-order valence-electron chi connectivity index (χ4n) is 4.52. The molecule has 38 heavy (non-hydrogen) atoms. The molecule has 4 rings (SSSR count). The maximum absolute atomic E-state index is 5.50. The van der Waals surface area contributed by atoms with Gasteiger partial charge in [-0.3, -0.25) is 0 Å². The predicted molar refractivity (Wildman–Crippen MR) is 158 cm³/mol. The molecule has 0 radical (unpaired) electrons.